The minimum Gasteiger partial charge on any atom is -0.351 e. The number of anilines is 1. The maximum atomic E-state index is 13.4. The number of halogens is 5. The van der Waals surface area contributed by atoms with Gasteiger partial charge in [-0.1, -0.05) is 19.8 Å². The highest BCUT2D eigenvalue weighted by atomic mass is 19.2. The van der Waals surface area contributed by atoms with Crippen LogP contribution in [0.1, 0.15) is 26.2 Å². The molecule has 0 aromatic heterocycles. The van der Waals surface area contributed by atoms with Crippen LogP contribution in [0.2, 0.25) is 0 Å². The van der Waals surface area contributed by atoms with Gasteiger partial charge in [0.1, 0.15) is 12.0 Å². The molecule has 0 saturated heterocycles. The summed E-state index contributed by atoms with van der Waals surface area (Å²) in [6.07, 6.45) is -2.92. The van der Waals surface area contributed by atoms with Crippen LogP contribution in [0.25, 0.3) is 0 Å². The molecular weight excluding hydrogens is 253 g/mol. The van der Waals surface area contributed by atoms with Crippen molar-refractivity contribution in [3.05, 3.63) is 29.6 Å². The summed E-state index contributed by atoms with van der Waals surface area (Å²) in [7, 11) is 0. The van der Waals surface area contributed by atoms with Crippen molar-refractivity contribution in [2.24, 2.45) is 0 Å². The van der Waals surface area contributed by atoms with Gasteiger partial charge in [0.2, 0.25) is 6.30 Å². The Labute approximate surface area is 102 Å². The Hall–Kier alpha value is -1.33. The van der Waals surface area contributed by atoms with Crippen LogP contribution in [0.3, 0.4) is 0 Å². The van der Waals surface area contributed by atoms with Gasteiger partial charge in [0.05, 0.1) is 5.69 Å². The molecule has 0 radical (unpaired) electrons. The van der Waals surface area contributed by atoms with E-state index in [0.29, 0.717) is 25.0 Å². The monoisotopic (exact) mass is 267 g/mol. The van der Waals surface area contributed by atoms with E-state index < -0.39 is 35.6 Å². The predicted octanol–water partition coefficient (Wildman–Crippen LogP) is 4.34. The Balaban J connectivity index is 2.72. The average Bonchev–Trinajstić information content (AvgIpc) is 2.32. The van der Waals surface area contributed by atoms with E-state index in [2.05, 4.69) is 0 Å². The third kappa shape index (κ3) is 3.85. The highest BCUT2D eigenvalue weighted by Gasteiger charge is 2.22. The summed E-state index contributed by atoms with van der Waals surface area (Å²) in [6.45, 7) is 1.81. The van der Waals surface area contributed by atoms with E-state index in [0.717, 1.165) is 0 Å². The van der Waals surface area contributed by atoms with Gasteiger partial charge in [0, 0.05) is 12.1 Å². The Morgan fingerprint density at radius 3 is 2.44 bits per heavy atom. The van der Waals surface area contributed by atoms with E-state index >= 15 is 0 Å². The number of benzene rings is 1. The first-order chi connectivity index (χ1) is 8.45. The van der Waals surface area contributed by atoms with Crippen LogP contribution < -0.4 is 5.32 Å². The van der Waals surface area contributed by atoms with Gasteiger partial charge >= 0.3 is 0 Å². The van der Waals surface area contributed by atoms with Crippen LogP contribution in [0.15, 0.2) is 12.1 Å². The standard InChI is InChI=1S/C12H14F5N/c1-2-3-4-8(14)12(17)18-10-6-7(13)5-9(15)11(10)16/h5-6,8,12,18H,2-4H2,1H3. The molecule has 1 aromatic rings. The topological polar surface area (TPSA) is 12.0 Å². The zero-order chi connectivity index (χ0) is 13.7. The van der Waals surface area contributed by atoms with Crippen molar-refractivity contribution in [1.82, 2.24) is 0 Å². The van der Waals surface area contributed by atoms with E-state index in [1.165, 1.54) is 0 Å². The molecule has 1 aromatic carbocycles. The molecule has 1 nitrogen and oxygen atoms in total. The molecule has 0 aliphatic heterocycles. The molecule has 6 heteroatoms. The fourth-order valence-electron chi connectivity index (χ4n) is 1.45. The van der Waals surface area contributed by atoms with E-state index in [1.54, 1.807) is 5.32 Å². The molecule has 102 valence electrons. The molecule has 0 saturated carbocycles. The fourth-order valence-corrected chi connectivity index (χ4v) is 1.45. The highest BCUT2D eigenvalue weighted by molar-refractivity contribution is 5.46. The zero-order valence-electron chi connectivity index (χ0n) is 9.82. The fraction of sp³-hybridized carbons (Fsp3) is 0.500. The van der Waals surface area contributed by atoms with Crippen LogP contribution in [0.4, 0.5) is 27.6 Å². The van der Waals surface area contributed by atoms with Crippen molar-refractivity contribution in [3.8, 4) is 0 Å². The molecule has 0 aliphatic rings. The lowest BCUT2D eigenvalue weighted by Crippen LogP contribution is -2.26. The van der Waals surface area contributed by atoms with Crippen molar-refractivity contribution < 1.29 is 22.0 Å². The lowest BCUT2D eigenvalue weighted by molar-refractivity contribution is 0.176. The summed E-state index contributed by atoms with van der Waals surface area (Å²) < 4.78 is 65.4. The molecular formula is C12H14F5N. The zero-order valence-corrected chi connectivity index (χ0v) is 9.82. The van der Waals surface area contributed by atoms with Crippen molar-refractivity contribution in [3.63, 3.8) is 0 Å². The molecule has 0 heterocycles. The molecule has 1 N–H and O–H groups in total. The van der Waals surface area contributed by atoms with Crippen LogP contribution in [-0.4, -0.2) is 12.5 Å². The summed E-state index contributed by atoms with van der Waals surface area (Å²) in [4.78, 5) is 0. The molecule has 2 atom stereocenters. The molecule has 2 unspecified atom stereocenters. The van der Waals surface area contributed by atoms with E-state index in [4.69, 9.17) is 0 Å². The Bertz CT molecular complexity index is 396. The van der Waals surface area contributed by atoms with Gasteiger partial charge in [-0.2, -0.15) is 0 Å². The van der Waals surface area contributed by atoms with Gasteiger partial charge < -0.3 is 5.32 Å². The third-order valence-electron chi connectivity index (χ3n) is 2.44. The normalized spacial score (nSPS) is 14.3. The third-order valence-corrected chi connectivity index (χ3v) is 2.44. The minimum absolute atomic E-state index is 0.0376. The number of alkyl halides is 2. The second-order valence-electron chi connectivity index (χ2n) is 3.95. The number of unbranched alkanes of at least 4 members (excludes halogenated alkanes) is 1. The number of nitrogens with one attached hydrogen (secondary N) is 1. The van der Waals surface area contributed by atoms with Gasteiger partial charge in [-0.05, 0) is 6.42 Å². The first-order valence-electron chi connectivity index (χ1n) is 5.65. The molecule has 0 aliphatic carbocycles. The van der Waals surface area contributed by atoms with Crippen molar-refractivity contribution in [1.29, 1.82) is 0 Å². The van der Waals surface area contributed by atoms with Crippen LogP contribution >= 0.6 is 0 Å². The minimum atomic E-state index is -2.20. The number of hydrogen-bond donors (Lipinski definition) is 1. The number of rotatable bonds is 6. The second-order valence-corrected chi connectivity index (χ2v) is 3.95. The maximum absolute atomic E-state index is 13.4. The van der Waals surface area contributed by atoms with Gasteiger partial charge in [-0.25, -0.2) is 22.0 Å². The van der Waals surface area contributed by atoms with Crippen LogP contribution in [-0.2, 0) is 0 Å². The SMILES string of the molecule is CCCCC(F)C(F)Nc1cc(F)cc(F)c1F. The first kappa shape index (κ1) is 14.7. The van der Waals surface area contributed by atoms with E-state index in [1.807, 2.05) is 6.92 Å². The molecule has 0 amide bonds. The van der Waals surface area contributed by atoms with Crippen molar-refractivity contribution >= 4 is 5.69 Å². The lowest BCUT2D eigenvalue weighted by atomic mass is 10.1. The molecule has 18 heavy (non-hydrogen) atoms. The average molecular weight is 267 g/mol. The summed E-state index contributed by atoms with van der Waals surface area (Å²) in [5.74, 6) is -3.94. The first-order valence-corrected chi connectivity index (χ1v) is 5.65. The summed E-state index contributed by atoms with van der Waals surface area (Å²) >= 11 is 0. The second kappa shape index (κ2) is 6.56. The van der Waals surface area contributed by atoms with Gasteiger partial charge in [0.25, 0.3) is 0 Å². The van der Waals surface area contributed by atoms with Crippen LogP contribution in [0, 0.1) is 17.5 Å². The van der Waals surface area contributed by atoms with E-state index in [9.17, 15) is 22.0 Å². The summed E-state index contributed by atoms with van der Waals surface area (Å²) in [5, 5.41) is 1.80. The van der Waals surface area contributed by atoms with Gasteiger partial charge in [-0.3, -0.25) is 0 Å². The van der Waals surface area contributed by atoms with Crippen molar-refractivity contribution in [2.75, 3.05) is 5.32 Å². The molecule has 1 rings (SSSR count). The number of hydrogen-bond acceptors (Lipinski definition) is 1. The summed E-state index contributed by atoms with van der Waals surface area (Å²) in [5.41, 5.74) is -0.723. The molecule has 0 bridgehead atoms. The van der Waals surface area contributed by atoms with Gasteiger partial charge in [0.15, 0.2) is 11.6 Å². The Kier molecular flexibility index (Phi) is 5.37. The quantitative estimate of drug-likeness (QED) is 0.459. The maximum Gasteiger partial charge on any atom is 0.201 e. The molecule has 0 fully saturated rings. The predicted molar refractivity (Wildman–Crippen MR) is 59.3 cm³/mol. The van der Waals surface area contributed by atoms with Gasteiger partial charge in [-0.15, -0.1) is 0 Å². The van der Waals surface area contributed by atoms with Crippen molar-refractivity contribution in [2.45, 2.75) is 38.7 Å². The lowest BCUT2D eigenvalue weighted by Gasteiger charge is -2.16. The smallest absolute Gasteiger partial charge is 0.201 e. The highest BCUT2D eigenvalue weighted by Crippen LogP contribution is 2.22. The largest absolute Gasteiger partial charge is 0.351 e. The van der Waals surface area contributed by atoms with Crippen LogP contribution in [0.5, 0.6) is 0 Å². The molecule has 0 spiro atoms. The van der Waals surface area contributed by atoms with E-state index in [-0.39, 0.29) is 6.42 Å². The Morgan fingerprint density at radius 1 is 1.17 bits per heavy atom. The Morgan fingerprint density at radius 2 is 1.83 bits per heavy atom. The summed E-state index contributed by atoms with van der Waals surface area (Å²) in [6, 6.07) is 0.912.